The Morgan fingerprint density at radius 1 is 1.22 bits per heavy atom. The summed E-state index contributed by atoms with van der Waals surface area (Å²) in [5.41, 5.74) is 0.358. The van der Waals surface area contributed by atoms with E-state index in [2.05, 4.69) is 19.9 Å². The second-order valence-corrected chi connectivity index (χ2v) is 7.39. The molecular formula is C16H18N6O4S. The minimum absolute atomic E-state index is 0.00112. The average Bonchev–Trinajstić information content (AvgIpc) is 3.18. The summed E-state index contributed by atoms with van der Waals surface area (Å²) in [4.78, 5) is 15.9. The third-order valence-electron chi connectivity index (χ3n) is 3.80. The van der Waals surface area contributed by atoms with Crippen LogP contribution >= 0.6 is 0 Å². The highest BCUT2D eigenvalue weighted by atomic mass is 32.2. The van der Waals surface area contributed by atoms with Crippen molar-refractivity contribution in [2.45, 2.75) is 18.4 Å². The number of methoxy groups -OCH3 is 1. The van der Waals surface area contributed by atoms with Gasteiger partial charge in [0.05, 0.1) is 18.6 Å². The SMILES string of the molecule is COc1ccc(S(=O)(=O)NCCn2nc(-n3cncn3)ccc2=O)cc1C. The monoisotopic (exact) mass is 390 g/mol. The maximum absolute atomic E-state index is 12.4. The molecule has 0 spiro atoms. The number of hydrogen-bond donors (Lipinski definition) is 1. The van der Waals surface area contributed by atoms with E-state index in [1.54, 1.807) is 13.0 Å². The molecule has 0 unspecified atom stereocenters. The molecule has 0 amide bonds. The number of hydrogen-bond acceptors (Lipinski definition) is 7. The molecule has 11 heteroatoms. The van der Waals surface area contributed by atoms with Crippen molar-refractivity contribution in [3.05, 3.63) is 58.9 Å². The molecule has 1 N–H and O–H groups in total. The van der Waals surface area contributed by atoms with Gasteiger partial charge < -0.3 is 4.74 Å². The largest absolute Gasteiger partial charge is 0.496 e. The third kappa shape index (κ3) is 4.20. The minimum Gasteiger partial charge on any atom is -0.496 e. The molecule has 142 valence electrons. The smallest absolute Gasteiger partial charge is 0.266 e. The lowest BCUT2D eigenvalue weighted by atomic mass is 10.2. The fraction of sp³-hybridized carbons (Fsp3) is 0.250. The van der Waals surface area contributed by atoms with Gasteiger partial charge in [-0.15, -0.1) is 5.10 Å². The van der Waals surface area contributed by atoms with E-state index in [1.807, 2.05) is 0 Å². The van der Waals surface area contributed by atoms with Crippen LogP contribution in [0.5, 0.6) is 5.75 Å². The average molecular weight is 390 g/mol. The molecule has 0 bridgehead atoms. The number of nitrogens with zero attached hydrogens (tertiary/aromatic N) is 5. The molecule has 0 saturated carbocycles. The summed E-state index contributed by atoms with van der Waals surface area (Å²) in [6.45, 7) is 1.83. The van der Waals surface area contributed by atoms with Crippen LogP contribution in [0.4, 0.5) is 0 Å². The molecule has 0 aliphatic heterocycles. The molecule has 0 aliphatic rings. The van der Waals surface area contributed by atoms with Gasteiger partial charge in [0.1, 0.15) is 18.4 Å². The molecule has 27 heavy (non-hydrogen) atoms. The standard InChI is InChI=1S/C16H18N6O4S/c1-12-9-13(3-4-14(12)26-2)27(24,25)19-7-8-21-16(23)6-5-15(20-21)22-11-17-10-18-22/h3-6,9-11,19H,7-8H2,1-2H3. The van der Waals surface area contributed by atoms with Crippen LogP contribution < -0.4 is 15.0 Å². The van der Waals surface area contributed by atoms with Gasteiger partial charge in [0.15, 0.2) is 5.82 Å². The van der Waals surface area contributed by atoms with Gasteiger partial charge in [0.25, 0.3) is 5.56 Å². The Labute approximate surface area is 155 Å². The first-order chi connectivity index (χ1) is 12.9. The van der Waals surface area contributed by atoms with E-state index >= 15 is 0 Å². The van der Waals surface area contributed by atoms with E-state index in [1.165, 1.54) is 53.4 Å². The molecular weight excluding hydrogens is 372 g/mol. The van der Waals surface area contributed by atoms with E-state index in [0.29, 0.717) is 17.1 Å². The first-order valence-electron chi connectivity index (χ1n) is 7.98. The van der Waals surface area contributed by atoms with Gasteiger partial charge >= 0.3 is 0 Å². The topological polar surface area (TPSA) is 121 Å². The number of aryl methyl sites for hydroxylation is 1. The molecule has 0 saturated heterocycles. The van der Waals surface area contributed by atoms with Crippen LogP contribution in [0.2, 0.25) is 0 Å². The van der Waals surface area contributed by atoms with E-state index in [9.17, 15) is 13.2 Å². The lowest BCUT2D eigenvalue weighted by Crippen LogP contribution is -2.32. The number of aromatic nitrogens is 5. The Bertz CT molecular complexity index is 1090. The minimum atomic E-state index is -3.72. The van der Waals surface area contributed by atoms with Gasteiger partial charge in [-0.3, -0.25) is 4.79 Å². The summed E-state index contributed by atoms with van der Waals surface area (Å²) >= 11 is 0. The lowest BCUT2D eigenvalue weighted by molar-refractivity contribution is 0.411. The van der Waals surface area contributed by atoms with Crippen molar-refractivity contribution in [1.82, 2.24) is 29.3 Å². The molecule has 0 fully saturated rings. The van der Waals surface area contributed by atoms with Crippen LogP contribution in [0.1, 0.15) is 5.56 Å². The first-order valence-corrected chi connectivity index (χ1v) is 9.46. The van der Waals surface area contributed by atoms with Crippen LogP contribution in [0, 0.1) is 6.92 Å². The maximum atomic E-state index is 12.4. The molecule has 10 nitrogen and oxygen atoms in total. The summed E-state index contributed by atoms with van der Waals surface area (Å²) in [6, 6.07) is 7.43. The number of benzene rings is 1. The fourth-order valence-corrected chi connectivity index (χ4v) is 3.54. The third-order valence-corrected chi connectivity index (χ3v) is 5.26. The molecule has 2 aromatic heterocycles. The van der Waals surface area contributed by atoms with Crippen molar-refractivity contribution in [1.29, 1.82) is 0 Å². The Hall–Kier alpha value is -3.05. The van der Waals surface area contributed by atoms with Crippen molar-refractivity contribution < 1.29 is 13.2 Å². The Kier molecular flexibility index (Phi) is 5.33. The van der Waals surface area contributed by atoms with Crippen LogP contribution in [0.15, 0.2) is 52.7 Å². The van der Waals surface area contributed by atoms with Crippen LogP contribution in [-0.2, 0) is 16.6 Å². The van der Waals surface area contributed by atoms with Crippen LogP contribution in [0.3, 0.4) is 0 Å². The fourth-order valence-electron chi connectivity index (χ4n) is 2.43. The summed E-state index contributed by atoms with van der Waals surface area (Å²) in [7, 11) is -2.20. The Morgan fingerprint density at radius 3 is 2.70 bits per heavy atom. The predicted molar refractivity (Wildman–Crippen MR) is 96.3 cm³/mol. The van der Waals surface area contributed by atoms with E-state index in [0.717, 1.165) is 0 Å². The highest BCUT2D eigenvalue weighted by molar-refractivity contribution is 7.89. The van der Waals surface area contributed by atoms with Crippen molar-refractivity contribution in [2.75, 3.05) is 13.7 Å². The summed E-state index contributed by atoms with van der Waals surface area (Å²) < 4.78 is 35.0. The summed E-state index contributed by atoms with van der Waals surface area (Å²) in [5, 5.41) is 8.10. The van der Waals surface area contributed by atoms with Gasteiger partial charge in [-0.25, -0.2) is 27.5 Å². The summed E-state index contributed by atoms with van der Waals surface area (Å²) in [6.07, 6.45) is 2.80. The van der Waals surface area contributed by atoms with Gasteiger partial charge in [-0.2, -0.15) is 5.10 Å². The van der Waals surface area contributed by atoms with Crippen molar-refractivity contribution >= 4 is 10.0 Å². The number of nitrogens with one attached hydrogen (secondary N) is 1. The van der Waals surface area contributed by atoms with Crippen molar-refractivity contribution in [3.63, 3.8) is 0 Å². The second kappa shape index (κ2) is 7.68. The molecule has 0 aliphatic carbocycles. The van der Waals surface area contributed by atoms with Crippen molar-refractivity contribution in [3.8, 4) is 11.6 Å². The Balaban J connectivity index is 1.71. The first kappa shape index (κ1) is 18.7. The van der Waals surface area contributed by atoms with Crippen molar-refractivity contribution in [2.24, 2.45) is 0 Å². The number of sulfonamides is 1. The zero-order valence-corrected chi connectivity index (χ0v) is 15.5. The second-order valence-electron chi connectivity index (χ2n) is 5.62. The zero-order chi connectivity index (χ0) is 19.4. The zero-order valence-electron chi connectivity index (χ0n) is 14.7. The van der Waals surface area contributed by atoms with Gasteiger partial charge in [-0.05, 0) is 36.8 Å². The molecule has 0 radical (unpaired) electrons. The maximum Gasteiger partial charge on any atom is 0.266 e. The molecule has 1 aromatic carbocycles. The van der Waals surface area contributed by atoms with Gasteiger partial charge in [-0.1, -0.05) is 0 Å². The lowest BCUT2D eigenvalue weighted by Gasteiger charge is -2.10. The van der Waals surface area contributed by atoms with E-state index in [-0.39, 0.29) is 23.5 Å². The highest BCUT2D eigenvalue weighted by Gasteiger charge is 2.15. The predicted octanol–water partition coefficient (Wildman–Crippen LogP) is 0.120. The molecule has 3 aromatic rings. The molecule has 3 rings (SSSR count). The number of rotatable bonds is 7. The summed E-state index contributed by atoms with van der Waals surface area (Å²) in [5.74, 6) is 1.01. The molecule has 0 atom stereocenters. The van der Waals surface area contributed by atoms with Gasteiger partial charge in [0.2, 0.25) is 10.0 Å². The van der Waals surface area contributed by atoms with Crippen LogP contribution in [-0.4, -0.2) is 46.6 Å². The number of ether oxygens (including phenoxy) is 1. The molecule has 2 heterocycles. The highest BCUT2D eigenvalue weighted by Crippen LogP contribution is 2.21. The van der Waals surface area contributed by atoms with Gasteiger partial charge in [0, 0.05) is 12.6 Å². The van der Waals surface area contributed by atoms with E-state index in [4.69, 9.17) is 4.74 Å². The quantitative estimate of drug-likeness (QED) is 0.608. The normalized spacial score (nSPS) is 11.5. The van der Waals surface area contributed by atoms with Crippen LogP contribution in [0.25, 0.3) is 5.82 Å². The van der Waals surface area contributed by atoms with E-state index < -0.39 is 10.0 Å². The Morgan fingerprint density at radius 2 is 2.04 bits per heavy atom.